The molecule has 5 nitrogen and oxygen atoms in total. The van der Waals surface area contributed by atoms with Crippen molar-refractivity contribution >= 4 is 11.7 Å². The monoisotopic (exact) mass is 401 g/mol. The Morgan fingerprint density at radius 1 is 1.21 bits per heavy atom. The number of hydrogen-bond donors (Lipinski definition) is 3. The maximum atomic E-state index is 13.6. The number of hydrogen-bond acceptors (Lipinski definition) is 4. The number of amides is 1. The van der Waals surface area contributed by atoms with Crippen molar-refractivity contribution in [3.63, 3.8) is 0 Å². The summed E-state index contributed by atoms with van der Waals surface area (Å²) in [6, 6.07) is -0.0599. The minimum atomic E-state index is -1.20. The van der Waals surface area contributed by atoms with Crippen LogP contribution in [0.3, 0.4) is 0 Å². The van der Waals surface area contributed by atoms with Crippen LogP contribution in [0.2, 0.25) is 0 Å². The van der Waals surface area contributed by atoms with Gasteiger partial charge in [-0.3, -0.25) is 9.59 Å². The van der Waals surface area contributed by atoms with Gasteiger partial charge in [-0.1, -0.05) is 50.1 Å². The van der Waals surface area contributed by atoms with Gasteiger partial charge in [-0.25, -0.2) is 0 Å². The molecular weight excluding hydrogens is 366 g/mol. The smallest absolute Gasteiger partial charge is 0.235 e. The van der Waals surface area contributed by atoms with Gasteiger partial charge >= 0.3 is 0 Å². The molecule has 1 fully saturated rings. The van der Waals surface area contributed by atoms with Gasteiger partial charge in [-0.15, -0.1) is 0 Å². The number of carbonyl (C=O) groups excluding carboxylic acids is 2. The predicted molar refractivity (Wildman–Crippen MR) is 113 cm³/mol. The van der Waals surface area contributed by atoms with Gasteiger partial charge in [-0.05, 0) is 51.0 Å². The molecule has 1 saturated heterocycles. The molecule has 0 radical (unpaired) electrons. The number of allylic oxidation sites excluding steroid dienone is 5. The highest BCUT2D eigenvalue weighted by atomic mass is 16.3. The number of aliphatic hydroxyl groups is 2. The average molecular weight is 402 g/mol. The van der Waals surface area contributed by atoms with E-state index in [2.05, 4.69) is 39.1 Å². The molecule has 5 heteroatoms. The molecule has 3 N–H and O–H groups in total. The summed E-state index contributed by atoms with van der Waals surface area (Å²) in [7, 11) is 0. The van der Waals surface area contributed by atoms with Crippen LogP contribution in [0.25, 0.3) is 0 Å². The quantitative estimate of drug-likeness (QED) is 0.490. The largest absolute Gasteiger partial charge is 0.390 e. The van der Waals surface area contributed by atoms with Crippen LogP contribution in [-0.4, -0.2) is 40.2 Å². The molecule has 29 heavy (non-hydrogen) atoms. The zero-order valence-corrected chi connectivity index (χ0v) is 18.2. The second kappa shape index (κ2) is 8.19. The van der Waals surface area contributed by atoms with Crippen LogP contribution in [-0.2, 0) is 9.59 Å². The summed E-state index contributed by atoms with van der Waals surface area (Å²) in [5, 5.41) is 23.6. The van der Waals surface area contributed by atoms with Crippen molar-refractivity contribution in [2.24, 2.45) is 29.1 Å². The van der Waals surface area contributed by atoms with Gasteiger partial charge in [0.25, 0.3) is 0 Å². The summed E-state index contributed by atoms with van der Waals surface area (Å²) in [5.41, 5.74) is 1.02. The van der Waals surface area contributed by atoms with E-state index in [9.17, 15) is 19.8 Å². The highest BCUT2D eigenvalue weighted by molar-refractivity contribution is 6.13. The summed E-state index contributed by atoms with van der Waals surface area (Å²) in [5.74, 6) is -0.455. The number of nitrogens with one attached hydrogen (secondary N) is 1. The standard InChI is InChI=1S/C24H35NO4/c1-13(2)10-18-22-16(5)15(4)12-17-11-14(3)6-7-19(26)20(27)8-9-21(28)24(17,22)23(29)25-18/h8-9,11-13,16-20,22,26-27H,6-7,10H2,1-5H3,(H,25,29)/b9-8+,14-11?/t16-,17?,18+,19+,20+,22+,24-/m1/s1. The Kier molecular flexibility index (Phi) is 6.21. The van der Waals surface area contributed by atoms with Crippen molar-refractivity contribution in [2.75, 3.05) is 0 Å². The van der Waals surface area contributed by atoms with Crippen LogP contribution >= 0.6 is 0 Å². The van der Waals surface area contributed by atoms with Crippen molar-refractivity contribution in [1.82, 2.24) is 5.32 Å². The first-order chi connectivity index (χ1) is 13.6. The lowest BCUT2D eigenvalue weighted by Gasteiger charge is -2.44. The van der Waals surface area contributed by atoms with E-state index in [-0.39, 0.29) is 35.5 Å². The molecule has 0 aromatic rings. The van der Waals surface area contributed by atoms with E-state index in [4.69, 9.17) is 0 Å². The molecule has 2 aliphatic carbocycles. The fourth-order valence-electron chi connectivity index (χ4n) is 5.53. The second-order valence-electron chi connectivity index (χ2n) is 9.66. The number of aliphatic hydroxyl groups excluding tert-OH is 2. The van der Waals surface area contributed by atoms with Crippen LogP contribution < -0.4 is 5.32 Å². The Morgan fingerprint density at radius 3 is 2.55 bits per heavy atom. The van der Waals surface area contributed by atoms with Crippen molar-refractivity contribution < 1.29 is 19.8 Å². The molecule has 1 unspecified atom stereocenters. The van der Waals surface area contributed by atoms with E-state index in [0.29, 0.717) is 18.8 Å². The molecule has 1 spiro atoms. The van der Waals surface area contributed by atoms with Gasteiger partial charge in [0.1, 0.15) is 5.41 Å². The molecule has 0 bridgehead atoms. The van der Waals surface area contributed by atoms with E-state index in [1.165, 1.54) is 17.7 Å². The van der Waals surface area contributed by atoms with Crippen LogP contribution in [0.4, 0.5) is 0 Å². The normalized spacial score (nSPS) is 41.7. The lowest BCUT2D eigenvalue weighted by molar-refractivity contribution is -0.142. The third-order valence-corrected chi connectivity index (χ3v) is 7.15. The molecule has 160 valence electrons. The predicted octanol–water partition coefficient (Wildman–Crippen LogP) is 2.93. The van der Waals surface area contributed by atoms with Gasteiger partial charge in [0.05, 0.1) is 12.2 Å². The Bertz CT molecular complexity index is 765. The molecule has 1 heterocycles. The molecule has 7 atom stereocenters. The molecule has 0 aromatic heterocycles. The lowest BCUT2D eigenvalue weighted by atomic mass is 9.55. The van der Waals surface area contributed by atoms with E-state index >= 15 is 0 Å². The van der Waals surface area contributed by atoms with Crippen molar-refractivity contribution in [2.45, 2.75) is 72.1 Å². The summed E-state index contributed by atoms with van der Waals surface area (Å²) in [4.78, 5) is 27.1. The minimum Gasteiger partial charge on any atom is -0.390 e. The van der Waals surface area contributed by atoms with Gasteiger partial charge in [-0.2, -0.15) is 0 Å². The van der Waals surface area contributed by atoms with Gasteiger partial charge < -0.3 is 15.5 Å². The number of rotatable bonds is 2. The van der Waals surface area contributed by atoms with E-state index in [0.717, 1.165) is 12.0 Å². The topological polar surface area (TPSA) is 86.6 Å². The average Bonchev–Trinajstić information content (AvgIpc) is 2.93. The Labute approximate surface area is 174 Å². The Morgan fingerprint density at radius 2 is 1.90 bits per heavy atom. The molecule has 1 aliphatic heterocycles. The SMILES string of the molecule is CC1=CC2C=C(C)[C@@H](C)[C@H]3[C@H](CC(C)C)NC(=O)[C@@]23C(=O)/C=C/[C@H](O)[C@@H](O)CC1. The Balaban J connectivity index is 2.20. The number of ketones is 1. The number of carbonyl (C=O) groups is 2. The maximum absolute atomic E-state index is 13.6. The molecular formula is C24H35NO4. The zero-order valence-electron chi connectivity index (χ0n) is 18.2. The van der Waals surface area contributed by atoms with Crippen LogP contribution in [0.5, 0.6) is 0 Å². The third kappa shape index (κ3) is 3.75. The molecule has 0 saturated carbocycles. The van der Waals surface area contributed by atoms with Gasteiger partial charge in [0.2, 0.25) is 5.91 Å². The minimum absolute atomic E-state index is 0.0599. The maximum Gasteiger partial charge on any atom is 0.235 e. The van der Waals surface area contributed by atoms with Crippen LogP contribution in [0.15, 0.2) is 35.5 Å². The molecule has 0 aromatic carbocycles. The van der Waals surface area contributed by atoms with E-state index in [1.807, 2.05) is 13.0 Å². The van der Waals surface area contributed by atoms with Crippen LogP contribution in [0, 0.1) is 29.1 Å². The lowest BCUT2D eigenvalue weighted by Crippen LogP contribution is -2.51. The molecule has 3 rings (SSSR count). The van der Waals surface area contributed by atoms with Crippen molar-refractivity contribution in [3.8, 4) is 0 Å². The second-order valence-corrected chi connectivity index (χ2v) is 9.66. The highest BCUT2D eigenvalue weighted by Crippen LogP contribution is 2.55. The third-order valence-electron chi connectivity index (χ3n) is 7.15. The summed E-state index contributed by atoms with van der Waals surface area (Å²) < 4.78 is 0. The fourth-order valence-corrected chi connectivity index (χ4v) is 5.53. The zero-order chi connectivity index (χ0) is 21.5. The van der Waals surface area contributed by atoms with Crippen molar-refractivity contribution in [3.05, 3.63) is 35.5 Å². The van der Waals surface area contributed by atoms with E-state index in [1.54, 1.807) is 0 Å². The Hall–Kier alpha value is -1.72. The first-order valence-corrected chi connectivity index (χ1v) is 10.8. The first-order valence-electron chi connectivity index (χ1n) is 10.8. The summed E-state index contributed by atoms with van der Waals surface area (Å²) in [6.07, 6.45) is 6.60. The molecule has 1 amide bonds. The summed E-state index contributed by atoms with van der Waals surface area (Å²) in [6.45, 7) is 10.4. The first kappa shape index (κ1) is 22.0. The summed E-state index contributed by atoms with van der Waals surface area (Å²) >= 11 is 0. The van der Waals surface area contributed by atoms with Gasteiger partial charge in [0.15, 0.2) is 5.78 Å². The highest BCUT2D eigenvalue weighted by Gasteiger charge is 2.64. The van der Waals surface area contributed by atoms with Gasteiger partial charge in [0, 0.05) is 17.9 Å². The van der Waals surface area contributed by atoms with Crippen LogP contribution in [0.1, 0.15) is 53.9 Å². The van der Waals surface area contributed by atoms with Crippen molar-refractivity contribution in [1.29, 1.82) is 0 Å². The fraction of sp³-hybridized carbons (Fsp3) is 0.667. The molecule has 3 aliphatic rings. The van der Waals surface area contributed by atoms with E-state index < -0.39 is 17.6 Å².